The van der Waals surface area contributed by atoms with Gasteiger partial charge < -0.3 is 5.32 Å². The van der Waals surface area contributed by atoms with Gasteiger partial charge in [0.1, 0.15) is 0 Å². The first kappa shape index (κ1) is 21.1. The minimum absolute atomic E-state index is 0.226. The summed E-state index contributed by atoms with van der Waals surface area (Å²) in [6.07, 6.45) is 2.43. The van der Waals surface area contributed by atoms with Crippen molar-refractivity contribution >= 4 is 17.6 Å². The van der Waals surface area contributed by atoms with Crippen LogP contribution in [0.1, 0.15) is 18.3 Å². The normalized spacial score (nSPS) is 11.6. The number of nitrogens with one attached hydrogen (secondary N) is 2. The number of aryl methyl sites for hydroxylation is 1. The zero-order chi connectivity index (χ0) is 22.7. The number of imidazole rings is 1. The zero-order valence-electron chi connectivity index (χ0n) is 16.7. The number of urea groups is 1. The van der Waals surface area contributed by atoms with Gasteiger partial charge in [-0.2, -0.15) is 23.0 Å². The van der Waals surface area contributed by atoms with Crippen molar-refractivity contribution in [2.75, 3.05) is 11.9 Å². The van der Waals surface area contributed by atoms with Crippen LogP contribution in [0.25, 0.3) is 16.9 Å². The molecule has 0 aliphatic rings. The fraction of sp³-hybridized carbons (Fsp3) is 0.278. The molecule has 0 aliphatic carbocycles. The third-order valence-electron chi connectivity index (χ3n) is 4.36. The van der Waals surface area contributed by atoms with Crippen LogP contribution in [0.4, 0.5) is 23.8 Å². The van der Waals surface area contributed by atoms with Crippen molar-refractivity contribution in [2.45, 2.75) is 26.1 Å². The molecule has 14 heteroatoms. The maximum absolute atomic E-state index is 12.9. The molecule has 0 radical (unpaired) electrons. The highest BCUT2D eigenvalue weighted by atomic mass is 19.4. The Hall–Kier alpha value is -4.10. The predicted octanol–water partition coefficient (Wildman–Crippen LogP) is 2.18. The SMILES string of the molecule is CCn1nnc(CCNC(=O)Nc2cn3cc(-c4cncc(C(F)(F)F)c4)cnc3n2)n1. The van der Waals surface area contributed by atoms with Gasteiger partial charge in [0.2, 0.25) is 5.78 Å². The van der Waals surface area contributed by atoms with E-state index in [1.165, 1.54) is 27.8 Å². The number of hydrogen-bond acceptors (Lipinski definition) is 7. The van der Waals surface area contributed by atoms with Gasteiger partial charge in [0.15, 0.2) is 11.6 Å². The first-order valence-electron chi connectivity index (χ1n) is 9.50. The first-order valence-corrected chi connectivity index (χ1v) is 9.50. The average Bonchev–Trinajstić information content (AvgIpc) is 3.38. The van der Waals surface area contributed by atoms with E-state index >= 15 is 0 Å². The molecular weight excluding hydrogens is 429 g/mol. The highest BCUT2D eigenvalue weighted by Crippen LogP contribution is 2.31. The van der Waals surface area contributed by atoms with Crippen molar-refractivity contribution in [1.82, 2.24) is 44.9 Å². The number of hydrogen-bond donors (Lipinski definition) is 2. The molecule has 0 saturated carbocycles. The summed E-state index contributed by atoms with van der Waals surface area (Å²) in [4.78, 5) is 25.5. The minimum Gasteiger partial charge on any atom is -0.337 e. The summed E-state index contributed by atoms with van der Waals surface area (Å²) in [6, 6.07) is 0.506. The number of alkyl halides is 3. The number of aromatic nitrogens is 8. The molecule has 0 atom stereocenters. The lowest BCUT2D eigenvalue weighted by Gasteiger charge is -2.08. The second-order valence-corrected chi connectivity index (χ2v) is 6.66. The lowest BCUT2D eigenvalue weighted by molar-refractivity contribution is -0.137. The molecule has 4 aromatic heterocycles. The summed E-state index contributed by atoms with van der Waals surface area (Å²) in [5.74, 6) is 1.01. The van der Waals surface area contributed by atoms with E-state index in [-0.39, 0.29) is 17.2 Å². The lowest BCUT2D eigenvalue weighted by Crippen LogP contribution is -2.30. The second-order valence-electron chi connectivity index (χ2n) is 6.66. The third kappa shape index (κ3) is 4.79. The van der Waals surface area contributed by atoms with Crippen molar-refractivity contribution in [3.63, 3.8) is 0 Å². The number of pyridine rings is 1. The highest BCUT2D eigenvalue weighted by Gasteiger charge is 2.31. The average molecular weight is 446 g/mol. The van der Waals surface area contributed by atoms with Crippen LogP contribution in [0.2, 0.25) is 0 Å². The Balaban J connectivity index is 1.41. The third-order valence-corrected chi connectivity index (χ3v) is 4.36. The van der Waals surface area contributed by atoms with Crippen molar-refractivity contribution in [1.29, 1.82) is 0 Å². The fourth-order valence-electron chi connectivity index (χ4n) is 2.81. The van der Waals surface area contributed by atoms with E-state index in [1.807, 2.05) is 6.92 Å². The van der Waals surface area contributed by atoms with Gasteiger partial charge in [-0.1, -0.05) is 0 Å². The number of rotatable bonds is 6. The molecule has 32 heavy (non-hydrogen) atoms. The van der Waals surface area contributed by atoms with Gasteiger partial charge >= 0.3 is 12.2 Å². The van der Waals surface area contributed by atoms with Crippen LogP contribution in [0.15, 0.2) is 37.1 Å². The van der Waals surface area contributed by atoms with E-state index in [2.05, 4.69) is 41.0 Å². The molecule has 4 rings (SSSR count). The minimum atomic E-state index is -4.50. The van der Waals surface area contributed by atoms with Crippen LogP contribution in [-0.2, 0) is 19.1 Å². The van der Waals surface area contributed by atoms with Gasteiger partial charge in [-0.05, 0) is 18.2 Å². The van der Waals surface area contributed by atoms with E-state index in [4.69, 9.17) is 0 Å². The molecule has 4 aromatic rings. The Bertz CT molecular complexity index is 1250. The largest absolute Gasteiger partial charge is 0.417 e. The lowest BCUT2D eigenvalue weighted by atomic mass is 10.1. The van der Waals surface area contributed by atoms with Crippen LogP contribution < -0.4 is 10.6 Å². The first-order chi connectivity index (χ1) is 15.3. The molecule has 0 bridgehead atoms. The molecule has 0 aromatic carbocycles. The Morgan fingerprint density at radius 1 is 1.16 bits per heavy atom. The van der Waals surface area contributed by atoms with E-state index in [0.29, 0.717) is 30.9 Å². The topological polar surface area (TPSA) is 128 Å². The van der Waals surface area contributed by atoms with Gasteiger partial charge in [0.05, 0.1) is 18.3 Å². The quantitative estimate of drug-likeness (QED) is 0.465. The van der Waals surface area contributed by atoms with Crippen LogP contribution >= 0.6 is 0 Å². The number of fused-ring (bicyclic) bond motifs is 1. The van der Waals surface area contributed by atoms with Crippen molar-refractivity contribution in [3.8, 4) is 11.1 Å². The van der Waals surface area contributed by atoms with Gasteiger partial charge in [-0.15, -0.1) is 10.2 Å². The van der Waals surface area contributed by atoms with Crippen molar-refractivity contribution in [2.24, 2.45) is 0 Å². The molecule has 2 amide bonds. The number of carbonyl (C=O) groups excluding carboxylic acids is 1. The molecule has 0 aliphatic heterocycles. The van der Waals surface area contributed by atoms with E-state index < -0.39 is 17.8 Å². The summed E-state index contributed by atoms with van der Waals surface area (Å²) < 4.78 is 40.3. The fourth-order valence-corrected chi connectivity index (χ4v) is 2.81. The highest BCUT2D eigenvalue weighted by molar-refractivity contribution is 5.88. The molecule has 0 saturated heterocycles. The second kappa shape index (κ2) is 8.56. The summed E-state index contributed by atoms with van der Waals surface area (Å²) in [6.45, 7) is 2.79. The number of carbonyl (C=O) groups is 1. The molecule has 166 valence electrons. The van der Waals surface area contributed by atoms with Crippen molar-refractivity contribution in [3.05, 3.63) is 48.4 Å². The number of nitrogens with zero attached hydrogens (tertiary/aromatic N) is 8. The summed E-state index contributed by atoms with van der Waals surface area (Å²) in [7, 11) is 0. The predicted molar refractivity (Wildman–Crippen MR) is 105 cm³/mol. The molecule has 11 nitrogen and oxygen atoms in total. The Kier molecular flexibility index (Phi) is 5.66. The van der Waals surface area contributed by atoms with Gasteiger partial charge in [-0.3, -0.25) is 14.7 Å². The van der Waals surface area contributed by atoms with Crippen LogP contribution in [0.3, 0.4) is 0 Å². The molecule has 0 fully saturated rings. The maximum Gasteiger partial charge on any atom is 0.417 e. The van der Waals surface area contributed by atoms with Gasteiger partial charge in [-0.25, -0.2) is 9.78 Å². The van der Waals surface area contributed by atoms with E-state index in [1.54, 1.807) is 6.20 Å². The van der Waals surface area contributed by atoms with Gasteiger partial charge in [0.25, 0.3) is 0 Å². The Morgan fingerprint density at radius 3 is 2.75 bits per heavy atom. The summed E-state index contributed by atoms with van der Waals surface area (Å²) >= 11 is 0. The van der Waals surface area contributed by atoms with Crippen LogP contribution in [0.5, 0.6) is 0 Å². The number of halogens is 3. The standard InChI is InChI=1S/C18H17F3N10O/c1-2-31-28-14(27-29-31)3-4-23-17(32)26-15-10-30-9-12(7-24-16(30)25-15)11-5-13(8-22-6-11)18(19,20)21/h5-10H,2-4H2,1H3,(H2,23,26,32). The molecule has 2 N–H and O–H groups in total. The van der Waals surface area contributed by atoms with Crippen LogP contribution in [0, 0.1) is 0 Å². The Labute approximate surface area is 178 Å². The molecule has 0 unspecified atom stereocenters. The summed E-state index contributed by atoms with van der Waals surface area (Å²) in [5.41, 5.74) is -0.187. The Morgan fingerprint density at radius 2 is 2.00 bits per heavy atom. The zero-order valence-corrected chi connectivity index (χ0v) is 16.7. The van der Waals surface area contributed by atoms with Crippen LogP contribution in [-0.4, -0.2) is 52.1 Å². The van der Waals surface area contributed by atoms with Gasteiger partial charge in [0, 0.05) is 48.9 Å². The number of anilines is 1. The maximum atomic E-state index is 12.9. The number of tetrazole rings is 1. The smallest absolute Gasteiger partial charge is 0.337 e. The summed E-state index contributed by atoms with van der Waals surface area (Å²) in [5, 5.41) is 17.1. The van der Waals surface area contributed by atoms with E-state index in [0.717, 1.165) is 12.3 Å². The monoisotopic (exact) mass is 446 g/mol. The van der Waals surface area contributed by atoms with Crippen molar-refractivity contribution < 1.29 is 18.0 Å². The number of amides is 2. The molecule has 4 heterocycles. The molecular formula is C18H17F3N10O. The molecule has 0 spiro atoms. The van der Waals surface area contributed by atoms with E-state index in [9.17, 15) is 18.0 Å².